The van der Waals surface area contributed by atoms with Crippen LogP contribution < -0.4 is 0 Å². The van der Waals surface area contributed by atoms with Gasteiger partial charge in [0, 0.05) is 12.6 Å². The Bertz CT molecular complexity index is 226. The summed E-state index contributed by atoms with van der Waals surface area (Å²) >= 11 is 0. The summed E-state index contributed by atoms with van der Waals surface area (Å²) in [6.07, 6.45) is 4.09. The van der Waals surface area contributed by atoms with Crippen LogP contribution in [0.4, 0.5) is 0 Å². The van der Waals surface area contributed by atoms with Crippen LogP contribution in [0.15, 0.2) is 16.3 Å². The summed E-state index contributed by atoms with van der Waals surface area (Å²) in [5, 5.41) is 0. The molecule has 0 bridgehead atoms. The van der Waals surface area contributed by atoms with E-state index in [1.165, 1.54) is 0 Å². The lowest BCUT2D eigenvalue weighted by molar-refractivity contribution is -0.115. The first-order valence-electron chi connectivity index (χ1n) is 4.92. The van der Waals surface area contributed by atoms with Crippen molar-refractivity contribution in [1.82, 2.24) is 0 Å². The van der Waals surface area contributed by atoms with Gasteiger partial charge in [-0.05, 0) is 25.3 Å². The van der Waals surface area contributed by atoms with Gasteiger partial charge in [0.1, 0.15) is 5.70 Å². The number of hydrogen-bond acceptors (Lipinski definition) is 2. The first-order valence-corrected chi connectivity index (χ1v) is 4.92. The topological polar surface area (TPSA) is 29.4 Å². The molecule has 0 unspecified atom stereocenters. The molecule has 0 aromatic carbocycles. The van der Waals surface area contributed by atoms with Crippen LogP contribution in [0.25, 0.3) is 0 Å². The highest BCUT2D eigenvalue weighted by Crippen LogP contribution is 2.11. The van der Waals surface area contributed by atoms with Gasteiger partial charge in [-0.1, -0.05) is 20.8 Å². The van der Waals surface area contributed by atoms with Gasteiger partial charge >= 0.3 is 0 Å². The first-order chi connectivity index (χ1) is 6.17. The van der Waals surface area contributed by atoms with E-state index in [-0.39, 0.29) is 5.78 Å². The van der Waals surface area contributed by atoms with Crippen molar-refractivity contribution in [3.63, 3.8) is 0 Å². The Morgan fingerprint density at radius 1 is 1.23 bits per heavy atom. The minimum Gasteiger partial charge on any atom is -0.292 e. The molecule has 13 heavy (non-hydrogen) atoms. The van der Waals surface area contributed by atoms with Crippen molar-refractivity contribution < 1.29 is 4.79 Å². The molecular formula is C11H19NO. The summed E-state index contributed by atoms with van der Waals surface area (Å²) < 4.78 is 0. The van der Waals surface area contributed by atoms with Crippen LogP contribution in [-0.2, 0) is 4.79 Å². The zero-order chi connectivity index (χ0) is 10.3. The van der Waals surface area contributed by atoms with Crippen LogP contribution in [0, 0.1) is 0 Å². The molecule has 0 atom stereocenters. The number of Topliss-reactive ketones (excluding diaryl/α,β-unsaturated/α-hetero) is 1. The average molecular weight is 181 g/mol. The maximum Gasteiger partial charge on any atom is 0.180 e. The van der Waals surface area contributed by atoms with E-state index in [2.05, 4.69) is 4.99 Å². The third-order valence-electron chi connectivity index (χ3n) is 1.92. The highest BCUT2D eigenvalue weighted by molar-refractivity contribution is 5.96. The second kappa shape index (κ2) is 6.58. The Kier molecular flexibility index (Phi) is 6.11. The molecule has 0 aliphatic heterocycles. The summed E-state index contributed by atoms with van der Waals surface area (Å²) in [5.74, 6) is 0.143. The van der Waals surface area contributed by atoms with Crippen molar-refractivity contribution in [2.45, 2.75) is 47.0 Å². The van der Waals surface area contributed by atoms with Gasteiger partial charge in [0.2, 0.25) is 0 Å². The quantitative estimate of drug-likeness (QED) is 0.473. The van der Waals surface area contributed by atoms with Gasteiger partial charge in [-0.3, -0.25) is 9.79 Å². The summed E-state index contributed by atoms with van der Waals surface area (Å²) in [6.45, 7) is 7.89. The van der Waals surface area contributed by atoms with Gasteiger partial charge in [0.15, 0.2) is 5.78 Å². The van der Waals surface area contributed by atoms with E-state index >= 15 is 0 Å². The molecule has 0 aromatic heterocycles. The molecule has 0 amide bonds. The lowest BCUT2D eigenvalue weighted by Crippen LogP contribution is -2.01. The Hall–Kier alpha value is -0.920. The minimum atomic E-state index is 0.143. The predicted molar refractivity (Wildman–Crippen MR) is 57.1 cm³/mol. The Morgan fingerprint density at radius 2 is 1.85 bits per heavy atom. The molecule has 0 saturated carbocycles. The van der Waals surface area contributed by atoms with Gasteiger partial charge in [0.05, 0.1) is 0 Å². The van der Waals surface area contributed by atoms with Crippen LogP contribution in [-0.4, -0.2) is 12.0 Å². The maximum atomic E-state index is 11.4. The molecule has 0 spiro atoms. The van der Waals surface area contributed by atoms with Crippen LogP contribution in [0.3, 0.4) is 0 Å². The van der Waals surface area contributed by atoms with Crippen molar-refractivity contribution in [3.8, 4) is 0 Å². The largest absolute Gasteiger partial charge is 0.292 e. The van der Waals surface area contributed by atoms with Crippen molar-refractivity contribution in [3.05, 3.63) is 11.3 Å². The van der Waals surface area contributed by atoms with Crippen LogP contribution in [0.1, 0.15) is 47.0 Å². The highest BCUT2D eigenvalue weighted by atomic mass is 16.1. The van der Waals surface area contributed by atoms with Gasteiger partial charge in [0.25, 0.3) is 0 Å². The zero-order valence-electron chi connectivity index (χ0n) is 9.05. The highest BCUT2D eigenvalue weighted by Gasteiger charge is 2.07. The molecule has 0 saturated heterocycles. The fraction of sp³-hybridized carbons (Fsp3) is 0.636. The number of carbonyl (C=O) groups excluding carboxylic acids is 1. The van der Waals surface area contributed by atoms with E-state index in [1.807, 2.05) is 27.7 Å². The van der Waals surface area contributed by atoms with Gasteiger partial charge in [-0.25, -0.2) is 0 Å². The Morgan fingerprint density at radius 3 is 2.23 bits per heavy atom. The second-order valence-corrected chi connectivity index (χ2v) is 2.98. The molecule has 0 aromatic rings. The van der Waals surface area contributed by atoms with E-state index < -0.39 is 0 Å². The zero-order valence-corrected chi connectivity index (χ0v) is 9.05. The fourth-order valence-electron chi connectivity index (χ4n) is 0.938. The van der Waals surface area contributed by atoms with Crippen molar-refractivity contribution in [2.24, 2.45) is 4.99 Å². The van der Waals surface area contributed by atoms with Crippen LogP contribution in [0.2, 0.25) is 0 Å². The van der Waals surface area contributed by atoms with Gasteiger partial charge < -0.3 is 0 Å². The lowest BCUT2D eigenvalue weighted by Gasteiger charge is -2.02. The van der Waals surface area contributed by atoms with E-state index in [0.717, 1.165) is 18.4 Å². The molecule has 0 aliphatic carbocycles. The molecule has 0 radical (unpaired) electrons. The van der Waals surface area contributed by atoms with E-state index in [1.54, 1.807) is 6.21 Å². The van der Waals surface area contributed by atoms with Crippen molar-refractivity contribution in [1.29, 1.82) is 0 Å². The number of hydrogen-bond donors (Lipinski definition) is 0. The molecule has 0 fully saturated rings. The molecule has 2 heteroatoms. The monoisotopic (exact) mass is 181 g/mol. The molecular weight excluding hydrogens is 162 g/mol. The number of nitrogens with zero attached hydrogens (tertiary/aromatic N) is 1. The standard InChI is InChI=1S/C11H19NO/c1-5-8-12-11(9(4)6-2)10(13)7-3/h8H,5-7H2,1-4H3/b11-9+,12-8?. The molecule has 0 rings (SSSR count). The number of carbonyl (C=O) groups is 1. The maximum absolute atomic E-state index is 11.4. The third kappa shape index (κ3) is 4.02. The smallest absolute Gasteiger partial charge is 0.180 e. The fourth-order valence-corrected chi connectivity index (χ4v) is 0.938. The van der Waals surface area contributed by atoms with E-state index in [9.17, 15) is 4.79 Å². The lowest BCUT2D eigenvalue weighted by atomic mass is 10.1. The third-order valence-corrected chi connectivity index (χ3v) is 1.92. The number of aliphatic imine (C=N–C) groups is 1. The summed E-state index contributed by atoms with van der Waals surface area (Å²) in [5.41, 5.74) is 1.74. The minimum absolute atomic E-state index is 0.143. The SMILES string of the molecule is CCC=N/C(C(=O)CC)=C(\C)CC. The van der Waals surface area contributed by atoms with Crippen molar-refractivity contribution in [2.75, 3.05) is 0 Å². The van der Waals surface area contributed by atoms with Crippen LogP contribution in [0.5, 0.6) is 0 Å². The van der Waals surface area contributed by atoms with Gasteiger partial charge in [-0.15, -0.1) is 0 Å². The summed E-state index contributed by atoms with van der Waals surface area (Å²) in [7, 11) is 0. The van der Waals surface area contributed by atoms with Crippen molar-refractivity contribution >= 4 is 12.0 Å². The molecule has 0 heterocycles. The van der Waals surface area contributed by atoms with Crippen LogP contribution >= 0.6 is 0 Å². The number of ketones is 1. The second-order valence-electron chi connectivity index (χ2n) is 2.98. The molecule has 0 N–H and O–H groups in total. The Balaban J connectivity index is 4.75. The van der Waals surface area contributed by atoms with E-state index in [0.29, 0.717) is 12.1 Å². The molecule has 74 valence electrons. The predicted octanol–water partition coefficient (Wildman–Crippen LogP) is 3.13. The summed E-state index contributed by atoms with van der Waals surface area (Å²) in [6, 6.07) is 0. The van der Waals surface area contributed by atoms with E-state index in [4.69, 9.17) is 0 Å². The normalized spacial score (nSPS) is 13.2. The molecule has 2 nitrogen and oxygen atoms in total. The number of rotatable bonds is 5. The molecule has 0 aliphatic rings. The average Bonchev–Trinajstić information content (AvgIpc) is 2.17. The number of allylic oxidation sites excluding steroid dienone is 2. The summed E-state index contributed by atoms with van der Waals surface area (Å²) in [4.78, 5) is 15.6. The van der Waals surface area contributed by atoms with Gasteiger partial charge in [-0.2, -0.15) is 0 Å². The first kappa shape index (κ1) is 12.1. The Labute approximate surface area is 80.8 Å².